The molecule has 1 aliphatic heterocycles. The fourth-order valence-corrected chi connectivity index (χ4v) is 4.45. The lowest BCUT2D eigenvalue weighted by Gasteiger charge is -2.46. The topological polar surface area (TPSA) is 89.7 Å². The summed E-state index contributed by atoms with van der Waals surface area (Å²) in [6.07, 6.45) is 5.32. The van der Waals surface area contributed by atoms with Crippen LogP contribution in [0.4, 0.5) is 4.79 Å². The molecule has 0 unspecified atom stereocenters. The highest BCUT2D eigenvalue weighted by atomic mass is 16.2. The number of rotatable bonds is 2. The number of amides is 2. The maximum Gasteiger partial charge on any atom is 0.318 e. The van der Waals surface area contributed by atoms with Gasteiger partial charge in [-0.05, 0) is 44.2 Å². The molecule has 0 radical (unpaired) electrons. The molecule has 2 saturated carbocycles. The average molecular weight is 348 g/mol. The van der Waals surface area contributed by atoms with Gasteiger partial charge < -0.3 is 15.2 Å². The van der Waals surface area contributed by atoms with Crippen molar-refractivity contribution in [1.82, 2.24) is 30.4 Å². The molecule has 2 fully saturated rings. The number of hydrogen-bond acceptors (Lipinski definition) is 3. The second kappa shape index (κ2) is 4.87. The molecule has 3 heterocycles. The summed E-state index contributed by atoms with van der Waals surface area (Å²) < 4.78 is 0. The maximum absolute atomic E-state index is 12.8. The molecule has 3 aromatic rings. The number of H-pyrrole nitrogens is 2. The lowest BCUT2D eigenvalue weighted by Crippen LogP contribution is -2.53. The van der Waals surface area contributed by atoms with E-state index in [1.54, 1.807) is 0 Å². The number of urea groups is 1. The van der Waals surface area contributed by atoms with Crippen LogP contribution >= 0.6 is 0 Å². The molecule has 2 amide bonds. The van der Waals surface area contributed by atoms with E-state index in [4.69, 9.17) is 4.98 Å². The Morgan fingerprint density at radius 3 is 2.85 bits per heavy atom. The van der Waals surface area contributed by atoms with E-state index in [1.807, 2.05) is 29.2 Å². The number of imidazole rings is 1. The highest BCUT2D eigenvalue weighted by molar-refractivity contribution is 5.81. The van der Waals surface area contributed by atoms with Crippen molar-refractivity contribution in [3.8, 4) is 11.5 Å². The Labute approximate surface area is 150 Å². The molecular formula is C19H20N6O. The Morgan fingerprint density at radius 1 is 1.27 bits per heavy atom. The fraction of sp³-hybridized carbons (Fsp3) is 0.421. The summed E-state index contributed by atoms with van der Waals surface area (Å²) in [6, 6.07) is 8.43. The van der Waals surface area contributed by atoms with Crippen molar-refractivity contribution in [1.29, 1.82) is 0 Å². The zero-order chi connectivity index (χ0) is 17.3. The van der Waals surface area contributed by atoms with Crippen molar-refractivity contribution in [2.75, 3.05) is 0 Å². The van der Waals surface area contributed by atoms with E-state index in [1.165, 1.54) is 0 Å². The largest absolute Gasteiger partial charge is 0.337 e. The van der Waals surface area contributed by atoms with Crippen molar-refractivity contribution in [2.24, 2.45) is 0 Å². The smallest absolute Gasteiger partial charge is 0.318 e. The SMILES string of the molecule is O=C(NC1CC1)N1Cc2[nH]nc(-c3nc4ccccc4[nH]3)c2C12CCC2. The van der Waals surface area contributed by atoms with Gasteiger partial charge in [-0.25, -0.2) is 9.78 Å². The minimum atomic E-state index is -0.227. The van der Waals surface area contributed by atoms with Crippen LogP contribution < -0.4 is 5.32 Å². The second-order valence-corrected chi connectivity index (χ2v) is 7.72. The molecule has 6 rings (SSSR count). The Hall–Kier alpha value is -2.83. The molecule has 3 aliphatic rings. The first-order valence-electron chi connectivity index (χ1n) is 9.36. The number of aromatic amines is 2. The van der Waals surface area contributed by atoms with E-state index >= 15 is 0 Å². The third kappa shape index (κ3) is 1.85. The van der Waals surface area contributed by atoms with Crippen LogP contribution in [-0.4, -0.2) is 37.1 Å². The van der Waals surface area contributed by atoms with Crippen molar-refractivity contribution < 1.29 is 4.79 Å². The maximum atomic E-state index is 12.8. The van der Waals surface area contributed by atoms with E-state index in [0.29, 0.717) is 12.6 Å². The number of nitrogens with one attached hydrogen (secondary N) is 3. The van der Waals surface area contributed by atoms with Crippen LogP contribution in [0, 0.1) is 0 Å². The number of fused-ring (bicyclic) bond motifs is 3. The van der Waals surface area contributed by atoms with Gasteiger partial charge in [-0.15, -0.1) is 0 Å². The van der Waals surface area contributed by atoms with E-state index < -0.39 is 0 Å². The molecule has 132 valence electrons. The van der Waals surface area contributed by atoms with Crippen molar-refractivity contribution in [3.63, 3.8) is 0 Å². The first-order valence-corrected chi connectivity index (χ1v) is 9.36. The Balaban J connectivity index is 1.43. The summed E-state index contributed by atoms with van der Waals surface area (Å²) in [5.74, 6) is 0.777. The van der Waals surface area contributed by atoms with Crippen molar-refractivity contribution in [3.05, 3.63) is 35.5 Å². The number of nitrogens with zero attached hydrogens (tertiary/aromatic N) is 3. The Bertz CT molecular complexity index is 993. The number of aromatic nitrogens is 4. The minimum absolute atomic E-state index is 0.0624. The lowest BCUT2D eigenvalue weighted by atomic mass is 9.72. The first kappa shape index (κ1) is 14.4. The van der Waals surface area contributed by atoms with Gasteiger partial charge in [0.1, 0.15) is 5.69 Å². The molecule has 26 heavy (non-hydrogen) atoms. The third-order valence-electron chi connectivity index (χ3n) is 6.08. The van der Waals surface area contributed by atoms with Gasteiger partial charge in [0.2, 0.25) is 0 Å². The number of hydrogen-bond donors (Lipinski definition) is 3. The number of carbonyl (C=O) groups excluding carboxylic acids is 1. The van der Waals surface area contributed by atoms with Gasteiger partial charge in [0.15, 0.2) is 5.82 Å². The van der Waals surface area contributed by atoms with E-state index in [2.05, 4.69) is 20.5 Å². The summed E-state index contributed by atoms with van der Waals surface area (Å²) in [6.45, 7) is 0.598. The summed E-state index contributed by atoms with van der Waals surface area (Å²) in [5, 5.41) is 10.9. The van der Waals surface area contributed by atoms with Gasteiger partial charge in [-0.2, -0.15) is 5.10 Å². The van der Waals surface area contributed by atoms with E-state index in [0.717, 1.165) is 65.9 Å². The van der Waals surface area contributed by atoms with Crippen LogP contribution in [0.5, 0.6) is 0 Å². The summed E-state index contributed by atoms with van der Waals surface area (Å²) in [4.78, 5) is 22.9. The average Bonchev–Trinajstić information content (AvgIpc) is 3.06. The highest BCUT2D eigenvalue weighted by Crippen LogP contribution is 2.54. The molecule has 3 N–H and O–H groups in total. The number of carbonyl (C=O) groups is 1. The Kier molecular flexibility index (Phi) is 2.69. The van der Waals surface area contributed by atoms with Crippen molar-refractivity contribution in [2.45, 2.75) is 50.2 Å². The lowest BCUT2D eigenvalue weighted by molar-refractivity contribution is 0.0556. The first-order chi connectivity index (χ1) is 12.7. The molecule has 7 nitrogen and oxygen atoms in total. The predicted molar refractivity (Wildman–Crippen MR) is 96.3 cm³/mol. The fourth-order valence-electron chi connectivity index (χ4n) is 4.45. The Morgan fingerprint density at radius 2 is 2.12 bits per heavy atom. The molecule has 2 aromatic heterocycles. The molecule has 1 spiro atoms. The van der Waals surface area contributed by atoms with Crippen LogP contribution in [0.3, 0.4) is 0 Å². The highest BCUT2D eigenvalue weighted by Gasteiger charge is 2.54. The molecular weight excluding hydrogens is 328 g/mol. The predicted octanol–water partition coefficient (Wildman–Crippen LogP) is 3.02. The zero-order valence-electron chi connectivity index (χ0n) is 14.4. The van der Waals surface area contributed by atoms with Crippen LogP contribution in [0.1, 0.15) is 43.4 Å². The molecule has 7 heteroatoms. The molecule has 2 aliphatic carbocycles. The van der Waals surface area contributed by atoms with Crippen LogP contribution in [0.25, 0.3) is 22.6 Å². The van der Waals surface area contributed by atoms with Gasteiger partial charge in [-0.3, -0.25) is 5.10 Å². The van der Waals surface area contributed by atoms with Gasteiger partial charge in [0.25, 0.3) is 0 Å². The normalized spacial score (nSPS) is 20.4. The molecule has 0 atom stereocenters. The minimum Gasteiger partial charge on any atom is -0.337 e. The standard InChI is InChI=1S/C19H20N6O/c26-18(20-11-6-7-11)25-10-14-15(19(25)8-3-9-19)16(24-23-14)17-21-12-4-1-2-5-13(12)22-17/h1-2,4-5,11H,3,6-10H2,(H,20,26)(H,21,22)(H,23,24). The monoisotopic (exact) mass is 348 g/mol. The quantitative estimate of drug-likeness (QED) is 0.665. The summed E-state index contributed by atoms with van der Waals surface area (Å²) in [5.41, 5.74) is 4.78. The van der Waals surface area contributed by atoms with E-state index in [-0.39, 0.29) is 11.6 Å². The molecule has 1 aromatic carbocycles. The van der Waals surface area contributed by atoms with Gasteiger partial charge in [-0.1, -0.05) is 12.1 Å². The van der Waals surface area contributed by atoms with E-state index in [9.17, 15) is 4.79 Å². The van der Waals surface area contributed by atoms with Gasteiger partial charge in [0, 0.05) is 11.6 Å². The summed E-state index contributed by atoms with van der Waals surface area (Å²) in [7, 11) is 0. The molecule has 0 bridgehead atoms. The van der Waals surface area contributed by atoms with Gasteiger partial charge in [0.05, 0.1) is 28.8 Å². The zero-order valence-corrected chi connectivity index (χ0v) is 14.4. The number of para-hydroxylation sites is 2. The van der Waals surface area contributed by atoms with Gasteiger partial charge >= 0.3 is 6.03 Å². The molecule has 0 saturated heterocycles. The van der Waals surface area contributed by atoms with Crippen LogP contribution in [0.15, 0.2) is 24.3 Å². The summed E-state index contributed by atoms with van der Waals surface area (Å²) >= 11 is 0. The van der Waals surface area contributed by atoms with Crippen LogP contribution in [0.2, 0.25) is 0 Å². The third-order valence-corrected chi connectivity index (χ3v) is 6.08. The number of benzene rings is 1. The second-order valence-electron chi connectivity index (χ2n) is 7.72. The van der Waals surface area contributed by atoms with Crippen molar-refractivity contribution >= 4 is 17.1 Å². The van der Waals surface area contributed by atoms with Crippen LogP contribution in [-0.2, 0) is 12.1 Å².